The first-order chi connectivity index (χ1) is 9.69. The topological polar surface area (TPSA) is 17.8 Å². The molecule has 1 saturated carbocycles. The summed E-state index contributed by atoms with van der Waals surface area (Å²) in [5, 5.41) is 0. The van der Waals surface area contributed by atoms with Gasteiger partial charge in [0.1, 0.15) is 11.3 Å². The third-order valence-electron chi connectivity index (χ3n) is 4.78. The Labute approximate surface area is 123 Å². The fraction of sp³-hybridized carbons (Fsp3) is 0.562. The highest BCUT2D eigenvalue weighted by molar-refractivity contribution is 6.17. The molecule has 1 aromatic heterocycles. The van der Waals surface area contributed by atoms with E-state index in [-0.39, 0.29) is 5.82 Å². The number of alkyl halides is 1. The van der Waals surface area contributed by atoms with Gasteiger partial charge >= 0.3 is 0 Å². The van der Waals surface area contributed by atoms with Crippen molar-refractivity contribution >= 4 is 22.6 Å². The maximum absolute atomic E-state index is 13.9. The van der Waals surface area contributed by atoms with Gasteiger partial charge in [0.05, 0.1) is 5.52 Å². The molecular formula is C16H20ClFN2. The average molecular weight is 295 g/mol. The molecule has 1 aromatic carbocycles. The summed E-state index contributed by atoms with van der Waals surface area (Å²) in [7, 11) is 0. The van der Waals surface area contributed by atoms with Gasteiger partial charge < -0.3 is 4.57 Å². The van der Waals surface area contributed by atoms with Crippen molar-refractivity contribution in [2.75, 3.05) is 5.88 Å². The fourth-order valence-corrected chi connectivity index (χ4v) is 3.42. The van der Waals surface area contributed by atoms with Crippen LogP contribution in [0.4, 0.5) is 4.39 Å². The first-order valence-corrected chi connectivity index (χ1v) is 7.92. The molecule has 1 heterocycles. The van der Waals surface area contributed by atoms with E-state index < -0.39 is 0 Å². The van der Waals surface area contributed by atoms with E-state index in [1.807, 2.05) is 6.07 Å². The zero-order chi connectivity index (χ0) is 14.2. The van der Waals surface area contributed by atoms with Gasteiger partial charge in [-0.3, -0.25) is 0 Å². The second-order valence-electron chi connectivity index (χ2n) is 5.87. The predicted octanol–water partition coefficient (Wildman–Crippen LogP) is 4.54. The maximum Gasteiger partial charge on any atom is 0.151 e. The Balaban J connectivity index is 2.07. The first-order valence-electron chi connectivity index (χ1n) is 7.39. The van der Waals surface area contributed by atoms with E-state index in [4.69, 9.17) is 11.6 Å². The third kappa shape index (κ3) is 2.22. The molecule has 0 N–H and O–H groups in total. The van der Waals surface area contributed by atoms with Crippen molar-refractivity contribution in [3.05, 3.63) is 29.8 Å². The number of fused-ring (bicyclic) bond motifs is 1. The van der Waals surface area contributed by atoms with Gasteiger partial charge in [0.2, 0.25) is 0 Å². The van der Waals surface area contributed by atoms with Crippen LogP contribution in [0.5, 0.6) is 0 Å². The predicted molar refractivity (Wildman–Crippen MR) is 80.7 cm³/mol. The van der Waals surface area contributed by atoms with Gasteiger partial charge in [-0.1, -0.05) is 19.4 Å². The quantitative estimate of drug-likeness (QED) is 0.741. The van der Waals surface area contributed by atoms with E-state index in [0.29, 0.717) is 23.2 Å². The Hall–Kier alpha value is -1.09. The van der Waals surface area contributed by atoms with Crippen molar-refractivity contribution in [2.24, 2.45) is 5.41 Å². The van der Waals surface area contributed by atoms with Gasteiger partial charge in [0.25, 0.3) is 0 Å². The molecule has 0 aliphatic heterocycles. The number of benzene rings is 1. The van der Waals surface area contributed by atoms with Gasteiger partial charge in [-0.05, 0) is 36.8 Å². The molecule has 1 aliphatic rings. The summed E-state index contributed by atoms with van der Waals surface area (Å²) in [6.07, 6.45) is 5.69. The van der Waals surface area contributed by atoms with Crippen LogP contribution in [0, 0.1) is 11.2 Å². The van der Waals surface area contributed by atoms with E-state index in [9.17, 15) is 4.39 Å². The Morgan fingerprint density at radius 2 is 2.20 bits per heavy atom. The van der Waals surface area contributed by atoms with Crippen LogP contribution in [0.2, 0.25) is 0 Å². The molecule has 2 aromatic rings. The van der Waals surface area contributed by atoms with Crippen molar-refractivity contribution in [1.29, 1.82) is 0 Å². The monoisotopic (exact) mass is 294 g/mol. The summed E-state index contributed by atoms with van der Waals surface area (Å²) in [5.41, 5.74) is 1.77. The van der Waals surface area contributed by atoms with Gasteiger partial charge in [0, 0.05) is 18.8 Å². The highest BCUT2D eigenvalue weighted by Crippen LogP contribution is 2.45. The van der Waals surface area contributed by atoms with E-state index in [1.54, 1.807) is 6.07 Å². The maximum atomic E-state index is 13.9. The molecule has 0 amide bonds. The van der Waals surface area contributed by atoms with E-state index in [2.05, 4.69) is 16.5 Å². The van der Waals surface area contributed by atoms with Crippen molar-refractivity contribution < 1.29 is 4.39 Å². The summed E-state index contributed by atoms with van der Waals surface area (Å²) in [4.78, 5) is 4.48. The number of nitrogens with zero attached hydrogens (tertiary/aromatic N) is 2. The minimum absolute atomic E-state index is 0.240. The minimum atomic E-state index is -0.240. The van der Waals surface area contributed by atoms with Crippen LogP contribution in [0.1, 0.15) is 38.4 Å². The van der Waals surface area contributed by atoms with E-state index in [1.165, 1.54) is 31.7 Å². The smallest absolute Gasteiger partial charge is 0.151 e. The number of hydrogen-bond acceptors (Lipinski definition) is 1. The second kappa shape index (κ2) is 5.36. The van der Waals surface area contributed by atoms with E-state index >= 15 is 0 Å². The first kappa shape index (κ1) is 13.9. The van der Waals surface area contributed by atoms with Crippen molar-refractivity contribution in [3.8, 4) is 0 Å². The lowest BCUT2D eigenvalue weighted by atomic mass is 9.67. The van der Waals surface area contributed by atoms with Crippen LogP contribution in [0.25, 0.3) is 11.0 Å². The molecule has 3 rings (SSSR count). The number of imidazole rings is 1. The number of hydrogen-bond donors (Lipinski definition) is 0. The lowest BCUT2D eigenvalue weighted by molar-refractivity contribution is 0.101. The molecule has 108 valence electrons. The number of halogens is 2. The molecule has 0 spiro atoms. The molecule has 4 heteroatoms. The van der Waals surface area contributed by atoms with Crippen LogP contribution in [0.15, 0.2) is 18.2 Å². The summed E-state index contributed by atoms with van der Waals surface area (Å²) >= 11 is 5.88. The fourth-order valence-electron chi connectivity index (χ4n) is 3.25. The number of aromatic nitrogens is 2. The van der Waals surface area contributed by atoms with Gasteiger partial charge in [-0.25, -0.2) is 9.37 Å². The summed E-state index contributed by atoms with van der Waals surface area (Å²) < 4.78 is 16.1. The molecule has 0 radical (unpaired) electrons. The summed E-state index contributed by atoms with van der Waals surface area (Å²) in [6.45, 7) is 3.19. The van der Waals surface area contributed by atoms with Crippen LogP contribution >= 0.6 is 11.6 Å². The van der Waals surface area contributed by atoms with E-state index in [0.717, 1.165) is 17.9 Å². The molecule has 0 saturated heterocycles. The molecule has 1 fully saturated rings. The molecule has 0 unspecified atom stereocenters. The van der Waals surface area contributed by atoms with Crippen LogP contribution in [0.3, 0.4) is 0 Å². The Morgan fingerprint density at radius 3 is 2.80 bits per heavy atom. The second-order valence-corrected chi connectivity index (χ2v) is 6.25. The number of aryl methyl sites for hydroxylation is 1. The Kier molecular flexibility index (Phi) is 3.72. The standard InChI is InChI=1S/C16H20ClFN2/c1-2-16(8-4-9-16)11-20-13-6-3-5-12(18)15(13)19-14(20)7-10-17/h3,5-6H,2,4,7-11H2,1H3. The Morgan fingerprint density at radius 1 is 1.40 bits per heavy atom. The van der Waals surface area contributed by atoms with Crippen LogP contribution in [-0.2, 0) is 13.0 Å². The molecular weight excluding hydrogens is 275 g/mol. The van der Waals surface area contributed by atoms with Crippen molar-refractivity contribution in [1.82, 2.24) is 9.55 Å². The van der Waals surface area contributed by atoms with Crippen molar-refractivity contribution in [2.45, 2.75) is 45.6 Å². The third-order valence-corrected chi connectivity index (χ3v) is 4.97. The lowest BCUT2D eigenvalue weighted by Crippen LogP contribution is -2.34. The lowest BCUT2D eigenvalue weighted by Gasteiger charge is -2.42. The molecule has 0 atom stereocenters. The zero-order valence-electron chi connectivity index (χ0n) is 11.8. The number of para-hydroxylation sites is 1. The largest absolute Gasteiger partial charge is 0.327 e. The van der Waals surface area contributed by atoms with Crippen LogP contribution < -0.4 is 0 Å². The van der Waals surface area contributed by atoms with Gasteiger partial charge in [0.15, 0.2) is 5.82 Å². The molecule has 2 nitrogen and oxygen atoms in total. The van der Waals surface area contributed by atoms with Gasteiger partial charge in [-0.2, -0.15) is 0 Å². The highest BCUT2D eigenvalue weighted by atomic mass is 35.5. The minimum Gasteiger partial charge on any atom is -0.327 e. The molecule has 0 bridgehead atoms. The SMILES string of the molecule is CCC1(Cn2c(CCCl)nc3c(F)cccc32)CCC1. The highest BCUT2D eigenvalue weighted by Gasteiger charge is 2.36. The Bertz CT molecular complexity index is 611. The summed E-state index contributed by atoms with van der Waals surface area (Å²) in [6, 6.07) is 5.20. The number of rotatable bonds is 5. The average Bonchev–Trinajstić information content (AvgIpc) is 2.74. The summed E-state index contributed by atoms with van der Waals surface area (Å²) in [5.74, 6) is 1.19. The normalized spacial score (nSPS) is 17.4. The van der Waals surface area contributed by atoms with Crippen LogP contribution in [-0.4, -0.2) is 15.4 Å². The van der Waals surface area contributed by atoms with Crippen molar-refractivity contribution in [3.63, 3.8) is 0 Å². The zero-order valence-corrected chi connectivity index (χ0v) is 12.6. The van der Waals surface area contributed by atoms with Gasteiger partial charge in [-0.15, -0.1) is 11.6 Å². The molecule has 1 aliphatic carbocycles. The molecule has 20 heavy (non-hydrogen) atoms.